The van der Waals surface area contributed by atoms with Gasteiger partial charge >= 0.3 is 0 Å². The number of ether oxygens (including phenoxy) is 1. The molecule has 2 aromatic rings. The van der Waals surface area contributed by atoms with Crippen molar-refractivity contribution in [3.8, 4) is 17.1 Å². The molecule has 2 rings (SSSR count). The lowest BCUT2D eigenvalue weighted by Crippen LogP contribution is -2.04. The lowest BCUT2D eigenvalue weighted by molar-refractivity contribution is 0.416. The van der Waals surface area contributed by atoms with Gasteiger partial charge in [0.25, 0.3) is 0 Å². The topological polar surface area (TPSA) is 66.0 Å². The molecule has 0 spiro atoms. The van der Waals surface area contributed by atoms with Crippen LogP contribution in [0.1, 0.15) is 11.4 Å². The highest BCUT2D eigenvalue weighted by Gasteiger charge is 2.13. The van der Waals surface area contributed by atoms with Crippen LogP contribution < -0.4 is 10.5 Å². The molecular weight excluding hydrogens is 228 g/mol. The maximum atomic E-state index is 5.52. The Labute approximate surface area is 107 Å². The molecule has 0 aliphatic rings. The second kappa shape index (κ2) is 5.18. The number of aryl methyl sites for hydroxylation is 2. The van der Waals surface area contributed by atoms with E-state index in [1.54, 1.807) is 11.8 Å². The van der Waals surface area contributed by atoms with E-state index >= 15 is 0 Å². The number of aromatic nitrogens is 3. The molecule has 5 nitrogen and oxygen atoms in total. The minimum Gasteiger partial charge on any atom is -0.496 e. The molecule has 0 aliphatic heterocycles. The molecule has 18 heavy (non-hydrogen) atoms. The Hall–Kier alpha value is -1.88. The van der Waals surface area contributed by atoms with Gasteiger partial charge in [-0.2, -0.15) is 5.10 Å². The second-order valence-electron chi connectivity index (χ2n) is 4.22. The van der Waals surface area contributed by atoms with Crippen LogP contribution in [0.2, 0.25) is 0 Å². The van der Waals surface area contributed by atoms with Gasteiger partial charge in [0.15, 0.2) is 11.6 Å². The molecule has 5 heteroatoms. The molecule has 2 N–H and O–H groups in total. The molecule has 0 aliphatic carbocycles. The van der Waals surface area contributed by atoms with E-state index in [2.05, 4.69) is 16.1 Å². The van der Waals surface area contributed by atoms with E-state index in [1.807, 2.05) is 26.1 Å². The summed E-state index contributed by atoms with van der Waals surface area (Å²) < 4.78 is 7.14. The van der Waals surface area contributed by atoms with Gasteiger partial charge in [0, 0.05) is 13.5 Å². The molecule has 0 atom stereocenters. The van der Waals surface area contributed by atoms with Crippen LogP contribution in [0, 0.1) is 6.92 Å². The van der Waals surface area contributed by atoms with Gasteiger partial charge < -0.3 is 10.5 Å². The number of benzene rings is 1. The predicted octanol–water partition coefficient (Wildman–Crippen LogP) is 1.30. The van der Waals surface area contributed by atoms with Gasteiger partial charge in [-0.25, -0.2) is 9.67 Å². The summed E-state index contributed by atoms with van der Waals surface area (Å²) in [5.74, 6) is 2.37. The highest BCUT2D eigenvalue weighted by Crippen LogP contribution is 2.29. The Morgan fingerprint density at radius 1 is 1.39 bits per heavy atom. The monoisotopic (exact) mass is 246 g/mol. The van der Waals surface area contributed by atoms with Crippen molar-refractivity contribution in [3.63, 3.8) is 0 Å². The molecule has 0 bridgehead atoms. The number of nitrogens with zero attached hydrogens (tertiary/aromatic N) is 3. The largest absolute Gasteiger partial charge is 0.496 e. The summed E-state index contributed by atoms with van der Waals surface area (Å²) in [6.45, 7) is 2.59. The minimum atomic E-state index is 0.550. The van der Waals surface area contributed by atoms with Crippen molar-refractivity contribution < 1.29 is 4.74 Å². The predicted molar refractivity (Wildman–Crippen MR) is 70.5 cm³/mol. The first-order valence-electron chi connectivity index (χ1n) is 5.90. The van der Waals surface area contributed by atoms with Gasteiger partial charge in [-0.05, 0) is 25.6 Å². The number of methoxy groups -OCH3 is 1. The standard InChI is InChI=1S/C13H18N4O/c1-9-4-5-11(18-3)10(8-9)13-15-12(6-7-14)16-17(13)2/h4-5,8H,6-7,14H2,1-3H3. The van der Waals surface area contributed by atoms with E-state index in [0.29, 0.717) is 13.0 Å². The molecule has 0 saturated carbocycles. The quantitative estimate of drug-likeness (QED) is 0.883. The Kier molecular flexibility index (Phi) is 3.62. The highest BCUT2D eigenvalue weighted by molar-refractivity contribution is 5.65. The number of rotatable bonds is 4. The number of hydrogen-bond donors (Lipinski definition) is 1. The first-order valence-corrected chi connectivity index (χ1v) is 5.90. The minimum absolute atomic E-state index is 0.550. The van der Waals surface area contributed by atoms with Crippen LogP contribution in [0.5, 0.6) is 5.75 Å². The summed E-state index contributed by atoms with van der Waals surface area (Å²) in [4.78, 5) is 4.51. The Morgan fingerprint density at radius 2 is 2.17 bits per heavy atom. The van der Waals surface area contributed by atoms with Crippen LogP contribution in [-0.4, -0.2) is 28.4 Å². The van der Waals surface area contributed by atoms with Crippen LogP contribution in [0.4, 0.5) is 0 Å². The first-order chi connectivity index (χ1) is 8.65. The zero-order chi connectivity index (χ0) is 13.1. The van der Waals surface area contributed by atoms with Crippen LogP contribution in [-0.2, 0) is 13.5 Å². The van der Waals surface area contributed by atoms with Gasteiger partial charge in [0.2, 0.25) is 0 Å². The molecule has 1 aromatic heterocycles. The zero-order valence-electron chi connectivity index (χ0n) is 11.0. The van der Waals surface area contributed by atoms with Crippen LogP contribution in [0.15, 0.2) is 18.2 Å². The summed E-state index contributed by atoms with van der Waals surface area (Å²) >= 11 is 0. The fourth-order valence-corrected chi connectivity index (χ4v) is 1.90. The zero-order valence-corrected chi connectivity index (χ0v) is 11.0. The SMILES string of the molecule is COc1ccc(C)cc1-c1nc(CCN)nn1C. The van der Waals surface area contributed by atoms with E-state index in [9.17, 15) is 0 Å². The van der Waals surface area contributed by atoms with Crippen molar-refractivity contribution in [3.05, 3.63) is 29.6 Å². The molecule has 96 valence electrons. The maximum Gasteiger partial charge on any atom is 0.161 e. The van der Waals surface area contributed by atoms with E-state index in [4.69, 9.17) is 10.5 Å². The maximum absolute atomic E-state index is 5.52. The van der Waals surface area contributed by atoms with Crippen LogP contribution in [0.25, 0.3) is 11.4 Å². The van der Waals surface area contributed by atoms with Gasteiger partial charge in [-0.1, -0.05) is 11.6 Å². The number of hydrogen-bond acceptors (Lipinski definition) is 4. The third-order valence-electron chi connectivity index (χ3n) is 2.77. The summed E-state index contributed by atoms with van der Waals surface area (Å²) in [5, 5.41) is 4.35. The third-order valence-corrected chi connectivity index (χ3v) is 2.77. The molecule has 0 saturated heterocycles. The number of nitrogens with two attached hydrogens (primary N) is 1. The van der Waals surface area contributed by atoms with E-state index in [0.717, 1.165) is 28.5 Å². The van der Waals surface area contributed by atoms with Crippen molar-refractivity contribution in [1.29, 1.82) is 0 Å². The van der Waals surface area contributed by atoms with E-state index < -0.39 is 0 Å². The van der Waals surface area contributed by atoms with Crippen molar-refractivity contribution >= 4 is 0 Å². The fourth-order valence-electron chi connectivity index (χ4n) is 1.90. The first kappa shape index (κ1) is 12.6. The van der Waals surface area contributed by atoms with Crippen molar-refractivity contribution in [2.45, 2.75) is 13.3 Å². The molecule has 0 amide bonds. The van der Waals surface area contributed by atoms with Gasteiger partial charge in [-0.15, -0.1) is 0 Å². The van der Waals surface area contributed by atoms with Gasteiger partial charge in [-0.3, -0.25) is 0 Å². The van der Waals surface area contributed by atoms with Crippen LogP contribution >= 0.6 is 0 Å². The second-order valence-corrected chi connectivity index (χ2v) is 4.22. The van der Waals surface area contributed by atoms with Gasteiger partial charge in [0.1, 0.15) is 5.75 Å². The molecule has 1 heterocycles. The Balaban J connectivity index is 2.50. The van der Waals surface area contributed by atoms with E-state index in [1.165, 1.54) is 0 Å². The third kappa shape index (κ3) is 2.36. The van der Waals surface area contributed by atoms with E-state index in [-0.39, 0.29) is 0 Å². The summed E-state index contributed by atoms with van der Waals surface area (Å²) in [7, 11) is 3.54. The summed E-state index contributed by atoms with van der Waals surface area (Å²) in [6, 6.07) is 6.01. The van der Waals surface area contributed by atoms with Crippen molar-refractivity contribution in [2.24, 2.45) is 12.8 Å². The van der Waals surface area contributed by atoms with Gasteiger partial charge in [0.05, 0.1) is 12.7 Å². The normalized spacial score (nSPS) is 10.7. The summed E-state index contributed by atoms with van der Waals surface area (Å²) in [5.41, 5.74) is 7.64. The van der Waals surface area contributed by atoms with Crippen molar-refractivity contribution in [2.75, 3.05) is 13.7 Å². The Bertz CT molecular complexity index is 548. The average molecular weight is 246 g/mol. The fraction of sp³-hybridized carbons (Fsp3) is 0.385. The molecule has 0 fully saturated rings. The molecule has 0 unspecified atom stereocenters. The molecule has 1 aromatic carbocycles. The highest BCUT2D eigenvalue weighted by atomic mass is 16.5. The lowest BCUT2D eigenvalue weighted by atomic mass is 10.1. The lowest BCUT2D eigenvalue weighted by Gasteiger charge is -2.08. The van der Waals surface area contributed by atoms with Crippen LogP contribution in [0.3, 0.4) is 0 Å². The summed E-state index contributed by atoms with van der Waals surface area (Å²) in [6.07, 6.45) is 0.683. The molecular formula is C13H18N4O. The Morgan fingerprint density at radius 3 is 2.83 bits per heavy atom. The molecule has 0 radical (unpaired) electrons. The smallest absolute Gasteiger partial charge is 0.161 e. The average Bonchev–Trinajstić information content (AvgIpc) is 2.70. The van der Waals surface area contributed by atoms with Crippen molar-refractivity contribution in [1.82, 2.24) is 14.8 Å².